The number of rotatable bonds is 4. The molecule has 1 heterocycles. The van der Waals surface area contributed by atoms with Crippen LogP contribution in [-0.4, -0.2) is 9.55 Å². The Balaban J connectivity index is 1.97. The fourth-order valence-electron chi connectivity index (χ4n) is 2.66. The van der Waals surface area contributed by atoms with Gasteiger partial charge in [-0.3, -0.25) is 0 Å². The minimum Gasteiger partial charge on any atom is -0.330 e. The second-order valence-corrected chi connectivity index (χ2v) is 5.18. The van der Waals surface area contributed by atoms with Gasteiger partial charge in [0.15, 0.2) is 0 Å². The molecule has 0 amide bonds. The third kappa shape index (κ3) is 2.77. The highest BCUT2D eigenvalue weighted by Gasteiger charge is 2.16. The maximum Gasteiger partial charge on any atom is 0.129 e. The lowest BCUT2D eigenvalue weighted by Crippen LogP contribution is -2.09. The van der Waals surface area contributed by atoms with Crippen LogP contribution in [0.2, 0.25) is 0 Å². The summed E-state index contributed by atoms with van der Waals surface area (Å²) in [5.41, 5.74) is 2.16. The number of aromatic nitrogens is 2. The molecule has 22 heavy (non-hydrogen) atoms. The van der Waals surface area contributed by atoms with Gasteiger partial charge in [-0.25, -0.2) is 13.8 Å². The molecule has 1 unspecified atom stereocenters. The molecule has 0 N–H and O–H groups in total. The number of hydrogen-bond acceptors (Lipinski definition) is 1. The molecular formula is C18H16F2N2. The van der Waals surface area contributed by atoms with Crippen molar-refractivity contribution in [2.24, 2.45) is 0 Å². The zero-order valence-electron chi connectivity index (χ0n) is 12.2. The first kappa shape index (κ1) is 14.4. The van der Waals surface area contributed by atoms with E-state index in [1.807, 2.05) is 23.8 Å². The van der Waals surface area contributed by atoms with E-state index in [0.29, 0.717) is 5.56 Å². The molecule has 0 aliphatic heterocycles. The van der Waals surface area contributed by atoms with Gasteiger partial charge in [0.05, 0.1) is 12.4 Å². The maximum atomic E-state index is 14.5. The molecule has 0 fully saturated rings. The summed E-state index contributed by atoms with van der Waals surface area (Å²) in [6.45, 7) is 2.01. The van der Waals surface area contributed by atoms with E-state index in [9.17, 15) is 8.78 Å². The fourth-order valence-corrected chi connectivity index (χ4v) is 2.66. The number of halogens is 2. The van der Waals surface area contributed by atoms with Crippen LogP contribution in [0.5, 0.6) is 0 Å². The second kappa shape index (κ2) is 6.10. The quantitative estimate of drug-likeness (QED) is 0.674. The van der Waals surface area contributed by atoms with Gasteiger partial charge in [0, 0.05) is 18.0 Å². The molecule has 0 spiro atoms. The average Bonchev–Trinajstić information content (AvgIpc) is 3.04. The van der Waals surface area contributed by atoms with E-state index in [1.54, 1.807) is 30.7 Å². The van der Waals surface area contributed by atoms with Gasteiger partial charge < -0.3 is 4.57 Å². The summed E-state index contributed by atoms with van der Waals surface area (Å²) in [4.78, 5) is 4.02. The highest BCUT2D eigenvalue weighted by Crippen LogP contribution is 2.28. The summed E-state index contributed by atoms with van der Waals surface area (Å²) >= 11 is 0. The van der Waals surface area contributed by atoms with Crippen molar-refractivity contribution in [3.8, 4) is 11.1 Å². The lowest BCUT2D eigenvalue weighted by atomic mass is 9.98. The van der Waals surface area contributed by atoms with E-state index in [-0.39, 0.29) is 17.7 Å². The minimum absolute atomic E-state index is 0.0789. The first-order chi connectivity index (χ1) is 10.7. The van der Waals surface area contributed by atoms with Crippen molar-refractivity contribution in [3.05, 3.63) is 78.4 Å². The fraction of sp³-hybridized carbons (Fsp3) is 0.167. The van der Waals surface area contributed by atoms with Gasteiger partial charge in [0.1, 0.15) is 11.6 Å². The van der Waals surface area contributed by atoms with Gasteiger partial charge in [0.25, 0.3) is 0 Å². The number of hydrogen-bond donors (Lipinski definition) is 0. The Morgan fingerprint density at radius 1 is 1.05 bits per heavy atom. The van der Waals surface area contributed by atoms with Gasteiger partial charge in [-0.2, -0.15) is 0 Å². The van der Waals surface area contributed by atoms with Gasteiger partial charge in [-0.15, -0.1) is 0 Å². The third-order valence-corrected chi connectivity index (χ3v) is 3.81. The monoisotopic (exact) mass is 298 g/mol. The smallest absolute Gasteiger partial charge is 0.129 e. The topological polar surface area (TPSA) is 17.8 Å². The van der Waals surface area contributed by atoms with Crippen LogP contribution in [-0.2, 0) is 0 Å². The summed E-state index contributed by atoms with van der Waals surface area (Å²) in [6.07, 6.45) is 5.99. The standard InChI is InChI=1S/C18H16F2N2/c1-2-18(22-10-9-21-12-22)16-8-5-14(11-17(16)20)13-3-6-15(19)7-4-13/h3-12,18H,2H2,1H3. The van der Waals surface area contributed by atoms with Gasteiger partial charge >= 0.3 is 0 Å². The number of imidazole rings is 1. The molecule has 0 radical (unpaired) electrons. The van der Waals surface area contributed by atoms with Crippen LogP contribution in [0.15, 0.2) is 61.2 Å². The van der Waals surface area contributed by atoms with Gasteiger partial charge in [-0.05, 0) is 35.7 Å². The molecule has 0 aliphatic rings. The van der Waals surface area contributed by atoms with Crippen molar-refractivity contribution in [2.45, 2.75) is 19.4 Å². The first-order valence-corrected chi connectivity index (χ1v) is 7.22. The zero-order chi connectivity index (χ0) is 15.5. The van der Waals surface area contributed by atoms with Crippen LogP contribution >= 0.6 is 0 Å². The minimum atomic E-state index is -0.299. The summed E-state index contributed by atoms with van der Waals surface area (Å²) < 4.78 is 29.4. The zero-order valence-corrected chi connectivity index (χ0v) is 12.2. The van der Waals surface area contributed by atoms with E-state index in [0.717, 1.165) is 17.5 Å². The molecule has 4 heteroatoms. The molecule has 3 rings (SSSR count). The van der Waals surface area contributed by atoms with Crippen molar-refractivity contribution >= 4 is 0 Å². The Kier molecular flexibility index (Phi) is 4.00. The Bertz CT molecular complexity index is 749. The van der Waals surface area contributed by atoms with E-state index in [4.69, 9.17) is 0 Å². The maximum absolute atomic E-state index is 14.5. The van der Waals surface area contributed by atoms with Crippen LogP contribution < -0.4 is 0 Å². The number of benzene rings is 2. The molecule has 1 aromatic heterocycles. The summed E-state index contributed by atoms with van der Waals surface area (Å²) in [5.74, 6) is -0.561. The molecule has 1 atom stereocenters. The Labute approximate surface area is 128 Å². The highest BCUT2D eigenvalue weighted by molar-refractivity contribution is 5.63. The summed E-state index contributed by atoms with van der Waals surface area (Å²) in [6, 6.07) is 11.1. The number of nitrogens with zero attached hydrogens (tertiary/aromatic N) is 2. The lowest BCUT2D eigenvalue weighted by molar-refractivity contribution is 0.519. The second-order valence-electron chi connectivity index (χ2n) is 5.18. The average molecular weight is 298 g/mol. The van der Waals surface area contributed by atoms with E-state index in [1.165, 1.54) is 18.2 Å². The molecule has 0 aliphatic carbocycles. The molecule has 112 valence electrons. The van der Waals surface area contributed by atoms with Gasteiger partial charge in [-0.1, -0.05) is 31.2 Å². The van der Waals surface area contributed by atoms with Crippen LogP contribution in [0, 0.1) is 11.6 Å². The van der Waals surface area contributed by atoms with E-state index < -0.39 is 0 Å². The molecular weight excluding hydrogens is 282 g/mol. The SMILES string of the molecule is CCC(c1ccc(-c2ccc(F)cc2)cc1F)n1ccnc1. The Hall–Kier alpha value is -2.49. The molecule has 0 saturated heterocycles. The van der Waals surface area contributed by atoms with Crippen molar-refractivity contribution in [3.63, 3.8) is 0 Å². The first-order valence-electron chi connectivity index (χ1n) is 7.22. The highest BCUT2D eigenvalue weighted by atomic mass is 19.1. The van der Waals surface area contributed by atoms with Crippen LogP contribution in [0.4, 0.5) is 8.78 Å². The lowest BCUT2D eigenvalue weighted by Gasteiger charge is -2.18. The normalized spacial score (nSPS) is 12.3. The molecule has 2 aromatic carbocycles. The molecule has 2 nitrogen and oxygen atoms in total. The predicted molar refractivity (Wildman–Crippen MR) is 82.5 cm³/mol. The Morgan fingerprint density at radius 2 is 1.77 bits per heavy atom. The summed E-state index contributed by atoms with van der Waals surface area (Å²) in [5, 5.41) is 0. The van der Waals surface area contributed by atoms with Crippen LogP contribution in [0.3, 0.4) is 0 Å². The largest absolute Gasteiger partial charge is 0.330 e. The van der Waals surface area contributed by atoms with Crippen molar-refractivity contribution in [1.29, 1.82) is 0 Å². The van der Waals surface area contributed by atoms with E-state index >= 15 is 0 Å². The van der Waals surface area contributed by atoms with Crippen LogP contribution in [0.1, 0.15) is 24.9 Å². The third-order valence-electron chi connectivity index (χ3n) is 3.81. The van der Waals surface area contributed by atoms with Gasteiger partial charge in [0.2, 0.25) is 0 Å². The molecule has 0 saturated carbocycles. The summed E-state index contributed by atoms with van der Waals surface area (Å²) in [7, 11) is 0. The van der Waals surface area contributed by atoms with Crippen LogP contribution in [0.25, 0.3) is 11.1 Å². The predicted octanol–water partition coefficient (Wildman–Crippen LogP) is 4.83. The molecule has 3 aromatic rings. The van der Waals surface area contributed by atoms with E-state index in [2.05, 4.69) is 4.98 Å². The molecule has 0 bridgehead atoms. The Morgan fingerprint density at radius 3 is 2.36 bits per heavy atom. The van der Waals surface area contributed by atoms with Crippen molar-refractivity contribution < 1.29 is 8.78 Å². The van der Waals surface area contributed by atoms with Crippen molar-refractivity contribution in [1.82, 2.24) is 9.55 Å². The van der Waals surface area contributed by atoms with Crippen molar-refractivity contribution in [2.75, 3.05) is 0 Å².